The van der Waals surface area contributed by atoms with Gasteiger partial charge in [-0.1, -0.05) is 95.2 Å². The van der Waals surface area contributed by atoms with Crippen molar-refractivity contribution in [2.75, 3.05) is 0 Å². The van der Waals surface area contributed by atoms with E-state index in [9.17, 15) is 19.8 Å². The van der Waals surface area contributed by atoms with Crippen molar-refractivity contribution in [3.05, 3.63) is 58.1 Å². The Labute approximate surface area is 211 Å². The van der Waals surface area contributed by atoms with Crippen molar-refractivity contribution in [1.82, 2.24) is 0 Å². The van der Waals surface area contributed by atoms with E-state index in [-0.39, 0.29) is 33.0 Å². The molecule has 194 valence electrons. The number of phenols is 1. The van der Waals surface area contributed by atoms with Gasteiger partial charge in [-0.2, -0.15) is 0 Å². The molecular weight excluding hydrogens is 440 g/mol. The van der Waals surface area contributed by atoms with Gasteiger partial charge in [0.15, 0.2) is 0 Å². The van der Waals surface area contributed by atoms with Crippen molar-refractivity contribution in [3.63, 3.8) is 0 Å². The first-order chi connectivity index (χ1) is 15.6. The summed E-state index contributed by atoms with van der Waals surface area (Å²) in [5, 5.41) is 19.5. The van der Waals surface area contributed by atoms with Crippen LogP contribution in [0.2, 0.25) is 0 Å². The van der Waals surface area contributed by atoms with Crippen molar-refractivity contribution in [2.24, 2.45) is 0 Å². The fourth-order valence-electron chi connectivity index (χ4n) is 3.64. The summed E-state index contributed by atoms with van der Waals surface area (Å²) in [5.74, 6) is -0.105. The molecule has 2 aromatic carbocycles. The number of hydrogen-bond acceptors (Lipinski definition) is 4. The Hall–Kier alpha value is -2.82. The van der Waals surface area contributed by atoms with Gasteiger partial charge in [-0.3, -0.25) is 4.79 Å². The molecule has 0 saturated carbocycles. The molecule has 0 aliphatic heterocycles. The third-order valence-corrected chi connectivity index (χ3v) is 5.80. The minimum Gasteiger partial charge on any atom is -0.507 e. The van der Waals surface area contributed by atoms with Crippen molar-refractivity contribution in [2.45, 2.75) is 105 Å². The van der Waals surface area contributed by atoms with Crippen molar-refractivity contribution in [3.8, 4) is 11.5 Å². The minimum absolute atomic E-state index is 0.0421. The maximum absolute atomic E-state index is 11.2. The maximum Gasteiger partial charge on any atom is 0.335 e. The fraction of sp³-hybridized carbons (Fsp3) is 0.533. The summed E-state index contributed by atoms with van der Waals surface area (Å²) in [5.41, 5.74) is 3.35. The number of ether oxygens (including phenoxy) is 1. The van der Waals surface area contributed by atoms with Crippen LogP contribution in [0.1, 0.15) is 116 Å². The molecule has 5 nitrogen and oxygen atoms in total. The lowest BCUT2D eigenvalue weighted by Gasteiger charge is -2.27. The Balaban J connectivity index is 0.000000351. The molecule has 0 aromatic heterocycles. The molecule has 35 heavy (non-hydrogen) atoms. The van der Waals surface area contributed by atoms with Crippen LogP contribution in [0.3, 0.4) is 0 Å². The summed E-state index contributed by atoms with van der Waals surface area (Å²) < 4.78 is 5.05. The van der Waals surface area contributed by atoms with E-state index in [2.05, 4.69) is 47.6 Å². The number of rotatable bonds is 3. The molecule has 0 fully saturated rings. The largest absolute Gasteiger partial charge is 0.507 e. The molecule has 5 heteroatoms. The summed E-state index contributed by atoms with van der Waals surface area (Å²) in [6.07, 6.45) is 0. The monoisotopic (exact) mass is 484 g/mol. The average molecular weight is 485 g/mol. The van der Waals surface area contributed by atoms with Crippen LogP contribution in [0.15, 0.2) is 30.3 Å². The Bertz CT molecular complexity index is 1020. The Morgan fingerprint density at radius 1 is 0.714 bits per heavy atom. The van der Waals surface area contributed by atoms with E-state index in [1.165, 1.54) is 5.56 Å². The molecule has 0 aliphatic rings. The smallest absolute Gasteiger partial charge is 0.335 e. The van der Waals surface area contributed by atoms with Gasteiger partial charge in [0, 0.05) is 16.7 Å². The normalized spacial score (nSPS) is 12.5. The van der Waals surface area contributed by atoms with Crippen molar-refractivity contribution in [1.29, 1.82) is 0 Å². The number of phenolic OH excluding ortho intramolecular Hbond substituents is 1. The Morgan fingerprint density at radius 3 is 1.46 bits per heavy atom. The van der Waals surface area contributed by atoms with Crippen LogP contribution in [-0.2, 0) is 26.5 Å². The number of carboxylic acids is 1. The summed E-state index contributed by atoms with van der Waals surface area (Å²) in [6, 6.07) is 9.17. The second kappa shape index (κ2) is 10.4. The highest BCUT2D eigenvalue weighted by molar-refractivity contribution is 5.88. The molecule has 0 saturated heterocycles. The van der Waals surface area contributed by atoms with Crippen LogP contribution in [0.4, 0.5) is 0 Å². The predicted octanol–water partition coefficient (Wildman–Crippen LogP) is 7.50. The van der Waals surface area contributed by atoms with Crippen LogP contribution in [0.25, 0.3) is 0 Å². The van der Waals surface area contributed by atoms with Gasteiger partial charge in [-0.05, 0) is 45.4 Å². The molecule has 0 spiro atoms. The Morgan fingerprint density at radius 2 is 1.14 bits per heavy atom. The topological polar surface area (TPSA) is 83.8 Å². The first-order valence-corrected chi connectivity index (χ1v) is 12.0. The lowest BCUT2D eigenvalue weighted by Crippen LogP contribution is -2.18. The zero-order chi connectivity index (χ0) is 27.6. The second-order valence-corrected chi connectivity index (χ2v) is 13.2. The van der Waals surface area contributed by atoms with E-state index < -0.39 is 5.97 Å². The molecule has 2 N–H and O–H groups in total. The molecular formula is C30H44O5. The third kappa shape index (κ3) is 8.12. The highest BCUT2D eigenvalue weighted by Gasteiger charge is 2.27. The number of aromatic carboxylic acids is 1. The minimum atomic E-state index is -0.967. The van der Waals surface area contributed by atoms with Crippen molar-refractivity contribution >= 4 is 12.4 Å². The molecule has 0 aliphatic carbocycles. The predicted molar refractivity (Wildman–Crippen MR) is 143 cm³/mol. The van der Waals surface area contributed by atoms with E-state index in [0.717, 1.165) is 5.56 Å². The fourth-order valence-corrected chi connectivity index (χ4v) is 3.64. The van der Waals surface area contributed by atoms with Crippen LogP contribution in [0.5, 0.6) is 11.5 Å². The highest BCUT2D eigenvalue weighted by Crippen LogP contribution is 2.40. The first-order valence-electron chi connectivity index (χ1n) is 12.0. The van der Waals surface area contributed by atoms with E-state index in [1.807, 2.05) is 53.7 Å². The van der Waals surface area contributed by atoms with E-state index in [4.69, 9.17) is 4.74 Å². The molecule has 0 amide bonds. The van der Waals surface area contributed by atoms with E-state index in [0.29, 0.717) is 23.3 Å². The summed E-state index contributed by atoms with van der Waals surface area (Å²) in [4.78, 5) is 21.7. The SMILES string of the molecule is CC(C)(C)c1cc(C(=O)O)cc(C(C)(C)C)c1O.CC(C)(C)c1ccc(OC=O)c(C(C)(C)C)c1. The summed E-state index contributed by atoms with van der Waals surface area (Å²) >= 11 is 0. The zero-order valence-corrected chi connectivity index (χ0v) is 23.6. The maximum atomic E-state index is 11.2. The zero-order valence-electron chi connectivity index (χ0n) is 23.6. The molecule has 2 rings (SSSR count). The van der Waals surface area contributed by atoms with Gasteiger partial charge in [-0.15, -0.1) is 0 Å². The molecule has 2 aromatic rings. The quantitative estimate of drug-likeness (QED) is 0.441. The second-order valence-electron chi connectivity index (χ2n) is 13.2. The summed E-state index contributed by atoms with van der Waals surface area (Å²) in [7, 11) is 0. The molecule has 0 atom stereocenters. The molecule has 0 bridgehead atoms. The number of carbonyl (C=O) groups is 2. The van der Waals surface area contributed by atoms with Crippen LogP contribution >= 0.6 is 0 Å². The number of aromatic hydroxyl groups is 1. The summed E-state index contributed by atoms with van der Waals surface area (Å²) in [6.45, 7) is 25.1. The lowest BCUT2D eigenvalue weighted by molar-refractivity contribution is -0.120. The van der Waals surface area contributed by atoms with Gasteiger partial charge in [-0.25, -0.2) is 4.79 Å². The van der Waals surface area contributed by atoms with Crippen molar-refractivity contribution < 1.29 is 24.5 Å². The third-order valence-electron chi connectivity index (χ3n) is 5.80. The first kappa shape index (κ1) is 30.2. The molecule has 0 radical (unpaired) electrons. The van der Waals surface area contributed by atoms with Gasteiger partial charge in [0.1, 0.15) is 11.5 Å². The molecule has 0 heterocycles. The van der Waals surface area contributed by atoms with Gasteiger partial charge < -0.3 is 14.9 Å². The van der Waals surface area contributed by atoms with Crippen LogP contribution in [0, 0.1) is 0 Å². The van der Waals surface area contributed by atoms with Gasteiger partial charge in [0.25, 0.3) is 6.47 Å². The highest BCUT2D eigenvalue weighted by atomic mass is 16.5. The standard InChI is InChI=1S/C15H22O3.C15H22O2/c1-14(2,3)10-7-9(13(17)18)8-11(12(10)16)15(4,5)6;1-14(2,3)11-7-8-13(17-10-16)12(9-11)15(4,5)6/h7-8,16H,1-6H3,(H,17,18);7-10H,1-6H3. The Kier molecular flexibility index (Phi) is 9.00. The van der Waals surface area contributed by atoms with Crippen LogP contribution in [-0.4, -0.2) is 22.7 Å². The molecule has 0 unspecified atom stereocenters. The van der Waals surface area contributed by atoms with Gasteiger partial charge in [0.2, 0.25) is 0 Å². The van der Waals surface area contributed by atoms with Gasteiger partial charge in [0.05, 0.1) is 5.56 Å². The van der Waals surface area contributed by atoms with E-state index >= 15 is 0 Å². The number of carboxylic acid groups (broad SMARTS) is 1. The van der Waals surface area contributed by atoms with E-state index in [1.54, 1.807) is 12.1 Å². The van der Waals surface area contributed by atoms with Gasteiger partial charge >= 0.3 is 5.97 Å². The number of hydrogen-bond donors (Lipinski definition) is 2. The average Bonchev–Trinajstić information content (AvgIpc) is 2.65. The number of benzene rings is 2. The lowest BCUT2D eigenvalue weighted by atomic mass is 9.78. The number of carbonyl (C=O) groups excluding carboxylic acids is 1. The van der Waals surface area contributed by atoms with Crippen LogP contribution < -0.4 is 4.74 Å².